The first-order valence-corrected chi connectivity index (χ1v) is 4.69. The van der Waals surface area contributed by atoms with Gasteiger partial charge in [0.1, 0.15) is 0 Å². The predicted molar refractivity (Wildman–Crippen MR) is 48.6 cm³/mol. The van der Waals surface area contributed by atoms with Crippen LogP contribution in [0.4, 0.5) is 0 Å². The third-order valence-corrected chi connectivity index (χ3v) is 3.71. The van der Waals surface area contributed by atoms with Crippen LogP contribution in [0.2, 0.25) is 0 Å². The first-order chi connectivity index (χ1) is 5.25. The molecule has 58 valence electrons. The summed E-state index contributed by atoms with van der Waals surface area (Å²) in [5, 5.41) is 2.03. The zero-order chi connectivity index (χ0) is 8.27. The molecule has 0 fully saturated rings. The second kappa shape index (κ2) is 3.81. The fourth-order valence-electron chi connectivity index (χ4n) is 0.694. The molecule has 1 aromatic heterocycles. The summed E-state index contributed by atoms with van der Waals surface area (Å²) in [6, 6.07) is 0. The highest BCUT2D eigenvalue weighted by Gasteiger charge is 2.03. The van der Waals surface area contributed by atoms with Crippen LogP contribution in [0.3, 0.4) is 0 Å². The molecule has 0 bridgehead atoms. The normalized spacial score (nSPS) is 9.27. The van der Waals surface area contributed by atoms with Crippen molar-refractivity contribution < 1.29 is 4.79 Å². The van der Waals surface area contributed by atoms with E-state index in [9.17, 15) is 4.79 Å². The lowest BCUT2D eigenvalue weighted by atomic mass is 10.3. The van der Waals surface area contributed by atoms with Crippen LogP contribution < -0.4 is 0 Å². The molecule has 0 unspecified atom stereocenters. The number of thiophene rings is 1. The largest absolute Gasteiger partial charge is 0.235 e. The summed E-state index contributed by atoms with van der Waals surface area (Å²) < 4.78 is 1.06. The fraction of sp³-hybridized carbons (Fsp3) is 0.286. The van der Waals surface area contributed by atoms with E-state index in [0.29, 0.717) is 6.54 Å². The zero-order valence-corrected chi connectivity index (χ0v) is 8.33. The van der Waals surface area contributed by atoms with Crippen LogP contribution in [0.25, 0.3) is 0 Å². The SMILES string of the molecule is Cc1csc(CN=C=O)c1Br. The Hall–Kier alpha value is -0.440. The van der Waals surface area contributed by atoms with Gasteiger partial charge in [0, 0.05) is 9.35 Å². The molecule has 0 radical (unpaired) electrons. The van der Waals surface area contributed by atoms with Gasteiger partial charge in [-0.2, -0.15) is 0 Å². The van der Waals surface area contributed by atoms with Crippen LogP contribution in [0, 0.1) is 6.92 Å². The van der Waals surface area contributed by atoms with Crippen LogP contribution in [0.15, 0.2) is 14.8 Å². The minimum absolute atomic E-state index is 0.433. The number of isocyanates is 1. The molecule has 0 saturated carbocycles. The molecule has 2 nitrogen and oxygen atoms in total. The van der Waals surface area contributed by atoms with Gasteiger partial charge in [-0.3, -0.25) is 0 Å². The Morgan fingerprint density at radius 3 is 3.00 bits per heavy atom. The molecule has 0 aliphatic heterocycles. The van der Waals surface area contributed by atoms with Gasteiger partial charge in [0.05, 0.1) is 6.54 Å². The van der Waals surface area contributed by atoms with Crippen LogP contribution in [-0.2, 0) is 11.3 Å². The van der Waals surface area contributed by atoms with Crippen molar-refractivity contribution in [2.24, 2.45) is 4.99 Å². The molecule has 0 amide bonds. The van der Waals surface area contributed by atoms with Crippen molar-refractivity contribution in [2.75, 3.05) is 0 Å². The third kappa shape index (κ3) is 1.99. The summed E-state index contributed by atoms with van der Waals surface area (Å²) >= 11 is 5.00. The van der Waals surface area contributed by atoms with Gasteiger partial charge in [-0.15, -0.1) is 11.3 Å². The lowest BCUT2D eigenvalue weighted by Gasteiger charge is -1.89. The lowest BCUT2D eigenvalue weighted by molar-refractivity contribution is 0.563. The monoisotopic (exact) mass is 231 g/mol. The summed E-state index contributed by atoms with van der Waals surface area (Å²) in [6.07, 6.45) is 1.51. The van der Waals surface area contributed by atoms with E-state index in [1.807, 2.05) is 12.3 Å². The summed E-state index contributed by atoms with van der Waals surface area (Å²) in [7, 11) is 0. The number of aliphatic imine (C=N–C) groups is 1. The molecule has 0 aromatic carbocycles. The molecule has 0 aliphatic rings. The van der Waals surface area contributed by atoms with E-state index >= 15 is 0 Å². The van der Waals surface area contributed by atoms with Crippen LogP contribution in [-0.4, -0.2) is 6.08 Å². The van der Waals surface area contributed by atoms with Gasteiger partial charge < -0.3 is 0 Å². The maximum Gasteiger partial charge on any atom is 0.235 e. The van der Waals surface area contributed by atoms with Gasteiger partial charge in [-0.05, 0) is 33.8 Å². The Balaban J connectivity index is 2.86. The topological polar surface area (TPSA) is 29.4 Å². The highest BCUT2D eigenvalue weighted by atomic mass is 79.9. The zero-order valence-electron chi connectivity index (χ0n) is 5.93. The molecule has 0 N–H and O–H groups in total. The van der Waals surface area contributed by atoms with E-state index in [1.165, 1.54) is 11.6 Å². The van der Waals surface area contributed by atoms with Crippen molar-refractivity contribution in [1.82, 2.24) is 0 Å². The predicted octanol–water partition coefficient (Wildman–Crippen LogP) is 2.65. The molecule has 0 aliphatic carbocycles. The van der Waals surface area contributed by atoms with Gasteiger partial charge in [0.25, 0.3) is 0 Å². The Morgan fingerprint density at radius 1 is 1.82 bits per heavy atom. The van der Waals surface area contributed by atoms with Crippen molar-refractivity contribution in [1.29, 1.82) is 0 Å². The van der Waals surface area contributed by atoms with Gasteiger partial charge >= 0.3 is 0 Å². The Morgan fingerprint density at radius 2 is 2.55 bits per heavy atom. The first kappa shape index (κ1) is 8.65. The number of nitrogens with zero attached hydrogens (tertiary/aromatic N) is 1. The lowest BCUT2D eigenvalue weighted by Crippen LogP contribution is -1.75. The number of aryl methyl sites for hydroxylation is 1. The Kier molecular flexibility index (Phi) is 3.00. The number of hydrogen-bond acceptors (Lipinski definition) is 3. The number of rotatable bonds is 2. The minimum Gasteiger partial charge on any atom is -0.211 e. The van der Waals surface area contributed by atoms with Crippen molar-refractivity contribution in [3.63, 3.8) is 0 Å². The highest BCUT2D eigenvalue weighted by molar-refractivity contribution is 9.10. The van der Waals surface area contributed by atoms with Crippen molar-refractivity contribution in [2.45, 2.75) is 13.5 Å². The number of carbonyl (C=O) groups excluding carboxylic acids is 1. The van der Waals surface area contributed by atoms with E-state index < -0.39 is 0 Å². The quantitative estimate of drug-likeness (QED) is 0.569. The minimum atomic E-state index is 0.433. The van der Waals surface area contributed by atoms with Gasteiger partial charge in [0.2, 0.25) is 6.08 Å². The van der Waals surface area contributed by atoms with Gasteiger partial charge in [-0.1, -0.05) is 0 Å². The average molecular weight is 232 g/mol. The molecule has 0 saturated heterocycles. The maximum atomic E-state index is 9.79. The van der Waals surface area contributed by atoms with Crippen molar-refractivity contribution in [3.05, 3.63) is 20.3 Å². The second-order valence-electron chi connectivity index (χ2n) is 2.06. The molecular formula is C7H6BrNOS. The molecular weight excluding hydrogens is 226 g/mol. The molecule has 0 spiro atoms. The summed E-state index contributed by atoms with van der Waals surface area (Å²) in [6.45, 7) is 2.44. The summed E-state index contributed by atoms with van der Waals surface area (Å²) in [4.78, 5) is 14.4. The van der Waals surface area contributed by atoms with Gasteiger partial charge in [-0.25, -0.2) is 9.79 Å². The van der Waals surface area contributed by atoms with Crippen molar-refractivity contribution >= 4 is 33.3 Å². The first-order valence-electron chi connectivity index (χ1n) is 3.01. The van der Waals surface area contributed by atoms with Crippen LogP contribution in [0.1, 0.15) is 10.4 Å². The average Bonchev–Trinajstić information content (AvgIpc) is 2.31. The second-order valence-corrected chi connectivity index (χ2v) is 3.82. The van der Waals surface area contributed by atoms with Crippen LogP contribution >= 0.6 is 27.3 Å². The number of hydrogen-bond donors (Lipinski definition) is 0. The molecule has 4 heteroatoms. The van der Waals surface area contributed by atoms with Crippen molar-refractivity contribution in [3.8, 4) is 0 Å². The third-order valence-electron chi connectivity index (χ3n) is 1.26. The van der Waals surface area contributed by atoms with Gasteiger partial charge in [0.15, 0.2) is 0 Å². The highest BCUT2D eigenvalue weighted by Crippen LogP contribution is 2.27. The molecule has 11 heavy (non-hydrogen) atoms. The molecule has 0 atom stereocenters. The smallest absolute Gasteiger partial charge is 0.211 e. The number of halogens is 1. The van der Waals surface area contributed by atoms with E-state index in [0.717, 1.165) is 9.35 Å². The summed E-state index contributed by atoms with van der Waals surface area (Å²) in [5.74, 6) is 0. The standard InChI is InChI=1S/C7H6BrNOS/c1-5-3-11-6(7(5)8)2-9-4-10/h3H,2H2,1H3. The van der Waals surface area contributed by atoms with E-state index in [-0.39, 0.29) is 0 Å². The Labute approximate surface area is 77.1 Å². The molecule has 1 heterocycles. The molecule has 1 aromatic rings. The molecule has 1 rings (SSSR count). The fourth-order valence-corrected chi connectivity index (χ4v) is 2.21. The van der Waals surface area contributed by atoms with E-state index in [4.69, 9.17) is 0 Å². The maximum absolute atomic E-state index is 9.79. The van der Waals surface area contributed by atoms with E-state index in [2.05, 4.69) is 20.9 Å². The summed E-state index contributed by atoms with van der Waals surface area (Å²) in [5.41, 5.74) is 1.19. The Bertz CT molecular complexity index is 301. The van der Waals surface area contributed by atoms with E-state index in [1.54, 1.807) is 11.3 Å². The van der Waals surface area contributed by atoms with Crippen LogP contribution in [0.5, 0.6) is 0 Å².